The lowest BCUT2D eigenvalue weighted by Gasteiger charge is -2.32. The van der Waals surface area contributed by atoms with Gasteiger partial charge in [-0.25, -0.2) is 0 Å². The minimum Gasteiger partial charge on any atom is -0.506 e. The van der Waals surface area contributed by atoms with Crippen LogP contribution in [0.2, 0.25) is 0 Å². The van der Waals surface area contributed by atoms with Crippen LogP contribution in [0.1, 0.15) is 11.1 Å². The van der Waals surface area contributed by atoms with E-state index in [0.29, 0.717) is 13.1 Å². The predicted molar refractivity (Wildman–Crippen MR) is 76.2 cm³/mol. The number of hydrogen-bond donors (Lipinski definition) is 3. The Labute approximate surface area is 122 Å². The zero-order valence-corrected chi connectivity index (χ0v) is 11.4. The molecule has 1 atom stereocenters. The average Bonchev–Trinajstić information content (AvgIpc) is 2.52. The molecule has 5 heteroatoms. The molecule has 1 unspecified atom stereocenters. The van der Waals surface area contributed by atoms with E-state index in [9.17, 15) is 20.1 Å². The van der Waals surface area contributed by atoms with Crippen LogP contribution in [-0.2, 0) is 17.8 Å². The third-order valence-corrected chi connectivity index (χ3v) is 3.90. The predicted octanol–water partition coefficient (Wildman–Crippen LogP) is 1.40. The fraction of sp³-hybridized carbons (Fsp3) is 0.250. The Bertz CT molecular complexity index is 635. The van der Waals surface area contributed by atoms with Gasteiger partial charge in [0.25, 0.3) is 0 Å². The molecule has 2 aliphatic rings. The summed E-state index contributed by atoms with van der Waals surface area (Å²) < 4.78 is 0. The molecule has 1 aliphatic carbocycles. The summed E-state index contributed by atoms with van der Waals surface area (Å²) in [6.45, 7) is 1.05. The molecular weight excluding hydrogens is 270 g/mol. The molecule has 0 spiro atoms. The maximum atomic E-state index is 12.5. The fourth-order valence-corrected chi connectivity index (χ4v) is 2.67. The first-order chi connectivity index (χ1) is 10.1. The zero-order valence-electron chi connectivity index (χ0n) is 11.4. The van der Waals surface area contributed by atoms with Gasteiger partial charge in [0.2, 0.25) is 5.91 Å². The summed E-state index contributed by atoms with van der Waals surface area (Å²) in [5.74, 6) is -1.25. The normalized spacial score (nSPS) is 22.3. The van der Waals surface area contributed by atoms with Crippen molar-refractivity contribution in [2.45, 2.75) is 19.1 Å². The van der Waals surface area contributed by atoms with Gasteiger partial charge in [0.05, 0.1) is 0 Å². The van der Waals surface area contributed by atoms with Gasteiger partial charge in [-0.15, -0.1) is 0 Å². The lowest BCUT2D eigenvalue weighted by atomic mass is 9.92. The van der Waals surface area contributed by atoms with E-state index in [-0.39, 0.29) is 11.8 Å². The molecule has 1 radical (unpaired) electrons. The molecule has 0 saturated carbocycles. The van der Waals surface area contributed by atoms with Crippen molar-refractivity contribution in [2.75, 3.05) is 6.54 Å². The maximum Gasteiger partial charge on any atom is 0.237 e. The van der Waals surface area contributed by atoms with Gasteiger partial charge in [-0.1, -0.05) is 30.3 Å². The van der Waals surface area contributed by atoms with Gasteiger partial charge >= 0.3 is 0 Å². The van der Waals surface area contributed by atoms with Crippen molar-refractivity contribution in [1.29, 1.82) is 0 Å². The summed E-state index contributed by atoms with van der Waals surface area (Å²) in [5.41, 5.74) is 2.32. The van der Waals surface area contributed by atoms with Crippen molar-refractivity contribution in [3.63, 3.8) is 0 Å². The Balaban J connectivity index is 1.77. The van der Waals surface area contributed by atoms with Crippen molar-refractivity contribution in [3.05, 3.63) is 65.0 Å². The van der Waals surface area contributed by atoms with Crippen LogP contribution < -0.4 is 0 Å². The van der Waals surface area contributed by atoms with Gasteiger partial charge < -0.3 is 20.2 Å². The Hall–Kier alpha value is -2.27. The van der Waals surface area contributed by atoms with Gasteiger partial charge in [-0.3, -0.25) is 4.79 Å². The topological polar surface area (TPSA) is 81.0 Å². The molecular formula is C16H16NO4. The van der Waals surface area contributed by atoms with Crippen LogP contribution in [0.25, 0.3) is 0 Å². The first kappa shape index (κ1) is 13.7. The van der Waals surface area contributed by atoms with Crippen LogP contribution in [0.4, 0.5) is 0 Å². The minimum absolute atomic E-state index is 0.0738. The highest BCUT2D eigenvalue weighted by atomic mass is 16.3. The Morgan fingerprint density at radius 1 is 1.14 bits per heavy atom. The second-order valence-electron chi connectivity index (χ2n) is 5.21. The lowest BCUT2D eigenvalue weighted by molar-refractivity contribution is -0.131. The van der Waals surface area contributed by atoms with Gasteiger partial charge in [-0.2, -0.15) is 0 Å². The Morgan fingerprint density at radius 2 is 1.86 bits per heavy atom. The molecule has 0 aromatic heterocycles. The van der Waals surface area contributed by atoms with Crippen LogP contribution in [-0.4, -0.2) is 38.8 Å². The highest BCUT2D eigenvalue weighted by molar-refractivity contribution is 5.94. The number of allylic oxidation sites excluding steroid dienone is 1. The molecule has 1 aromatic rings. The number of amides is 1. The third kappa shape index (κ3) is 2.40. The van der Waals surface area contributed by atoms with Gasteiger partial charge in [0, 0.05) is 13.1 Å². The van der Waals surface area contributed by atoms with E-state index < -0.39 is 17.6 Å². The van der Waals surface area contributed by atoms with Crippen LogP contribution >= 0.6 is 0 Å². The standard InChI is InChI=1S/C16H16NO4/c18-13-6-5-12(14(19)15(13)20)16(21)17-8-7-10-3-1-2-4-11(10)9-17/h1-6,14,18-20H,7-9H2. The van der Waals surface area contributed by atoms with E-state index in [1.165, 1.54) is 17.7 Å². The molecule has 109 valence electrons. The monoisotopic (exact) mass is 286 g/mol. The van der Waals surface area contributed by atoms with Crippen LogP contribution in [0.3, 0.4) is 0 Å². The van der Waals surface area contributed by atoms with Crippen molar-refractivity contribution < 1.29 is 20.1 Å². The molecule has 1 aliphatic heterocycles. The zero-order chi connectivity index (χ0) is 15.0. The molecule has 1 heterocycles. The summed E-state index contributed by atoms with van der Waals surface area (Å²) in [7, 11) is 0. The number of hydrogen-bond acceptors (Lipinski definition) is 4. The summed E-state index contributed by atoms with van der Waals surface area (Å²) in [6.07, 6.45) is 1.86. The Morgan fingerprint density at radius 3 is 2.62 bits per heavy atom. The average molecular weight is 286 g/mol. The highest BCUT2D eigenvalue weighted by Crippen LogP contribution is 2.27. The summed E-state index contributed by atoms with van der Waals surface area (Å²) in [6, 6.07) is 7.94. The molecule has 3 rings (SSSR count). The smallest absolute Gasteiger partial charge is 0.237 e. The van der Waals surface area contributed by atoms with E-state index in [1.54, 1.807) is 4.90 Å². The van der Waals surface area contributed by atoms with E-state index >= 15 is 0 Å². The molecule has 5 nitrogen and oxygen atoms in total. The molecule has 0 saturated heterocycles. The van der Waals surface area contributed by atoms with Gasteiger partial charge in [0.1, 0.15) is 12.0 Å². The van der Waals surface area contributed by atoms with Crippen LogP contribution in [0, 0.1) is 5.92 Å². The minimum atomic E-state index is -1.47. The van der Waals surface area contributed by atoms with E-state index in [4.69, 9.17) is 0 Å². The van der Waals surface area contributed by atoms with E-state index in [2.05, 4.69) is 0 Å². The maximum absolute atomic E-state index is 12.5. The molecule has 21 heavy (non-hydrogen) atoms. The molecule has 1 aromatic carbocycles. The number of nitrogens with zero attached hydrogens (tertiary/aromatic N) is 1. The number of aliphatic hydroxyl groups excluding tert-OH is 3. The largest absolute Gasteiger partial charge is 0.506 e. The quantitative estimate of drug-likeness (QED) is 0.729. The SMILES string of the molecule is O=C([C]1C=CC(O)=C(O)C1O)N1CCc2ccccc2C1. The van der Waals surface area contributed by atoms with Crippen molar-refractivity contribution in [3.8, 4) is 0 Å². The first-order valence-electron chi connectivity index (χ1n) is 6.79. The summed E-state index contributed by atoms with van der Waals surface area (Å²) >= 11 is 0. The Kier molecular flexibility index (Phi) is 3.43. The molecule has 3 N–H and O–H groups in total. The first-order valence-corrected chi connectivity index (χ1v) is 6.79. The van der Waals surface area contributed by atoms with Gasteiger partial charge in [-0.05, 0) is 23.6 Å². The molecule has 0 bridgehead atoms. The number of rotatable bonds is 1. The second-order valence-corrected chi connectivity index (χ2v) is 5.21. The van der Waals surface area contributed by atoms with Crippen molar-refractivity contribution >= 4 is 5.91 Å². The number of benzene rings is 1. The number of carbonyl (C=O) groups excluding carboxylic acids is 1. The summed E-state index contributed by atoms with van der Waals surface area (Å²) in [5, 5.41) is 28.8. The highest BCUT2D eigenvalue weighted by Gasteiger charge is 2.36. The molecule has 1 amide bonds. The van der Waals surface area contributed by atoms with Crippen LogP contribution in [0.5, 0.6) is 0 Å². The van der Waals surface area contributed by atoms with Crippen molar-refractivity contribution in [2.24, 2.45) is 0 Å². The number of aliphatic hydroxyl groups is 3. The lowest BCUT2D eigenvalue weighted by Crippen LogP contribution is -2.43. The summed E-state index contributed by atoms with van der Waals surface area (Å²) in [4.78, 5) is 14.1. The van der Waals surface area contributed by atoms with Gasteiger partial charge in [0.15, 0.2) is 11.5 Å². The third-order valence-electron chi connectivity index (χ3n) is 3.90. The van der Waals surface area contributed by atoms with E-state index in [0.717, 1.165) is 12.0 Å². The second kappa shape index (κ2) is 5.26. The number of carbonyl (C=O) groups is 1. The van der Waals surface area contributed by atoms with E-state index in [1.807, 2.05) is 24.3 Å². The molecule has 0 fully saturated rings. The van der Waals surface area contributed by atoms with Crippen LogP contribution in [0.15, 0.2) is 47.9 Å². The fourth-order valence-electron chi connectivity index (χ4n) is 2.67. The van der Waals surface area contributed by atoms with Crippen molar-refractivity contribution in [1.82, 2.24) is 4.90 Å². The number of fused-ring (bicyclic) bond motifs is 1.